The summed E-state index contributed by atoms with van der Waals surface area (Å²) in [6.45, 7) is 2.81. The van der Waals surface area contributed by atoms with Crippen LogP contribution < -0.4 is 4.84 Å². The first kappa shape index (κ1) is 9.21. The van der Waals surface area contributed by atoms with Crippen molar-refractivity contribution >= 4 is 11.8 Å². The Morgan fingerprint density at radius 2 is 2.33 bits per heavy atom. The Hall–Kier alpha value is 0.210. The van der Waals surface area contributed by atoms with Crippen LogP contribution in [0.5, 0.6) is 0 Å². The summed E-state index contributed by atoms with van der Waals surface area (Å²) in [4.78, 5) is 2.65. The van der Waals surface area contributed by atoms with Gasteiger partial charge in [-0.2, -0.15) is 0 Å². The van der Waals surface area contributed by atoms with Crippen LogP contribution >= 0.6 is 11.8 Å². The van der Waals surface area contributed by atoms with E-state index in [1.807, 2.05) is 0 Å². The van der Waals surface area contributed by atoms with Crippen molar-refractivity contribution in [1.82, 2.24) is 4.84 Å². The molecule has 0 saturated carbocycles. The number of nitrogens with one attached hydrogen (secondary N) is 1. The molecule has 0 aromatic rings. The third-order valence-electron chi connectivity index (χ3n) is 1.16. The van der Waals surface area contributed by atoms with Gasteiger partial charge in [0.25, 0.3) is 0 Å². The molecule has 2 nitrogen and oxygen atoms in total. The summed E-state index contributed by atoms with van der Waals surface area (Å²) >= 11 is 5.40. The van der Waals surface area contributed by atoms with Crippen molar-refractivity contribution in [2.24, 2.45) is 0 Å². The molecule has 0 radical (unpaired) electrons. The first-order valence-electron chi connectivity index (χ1n) is 3.20. The van der Waals surface area contributed by atoms with Crippen molar-refractivity contribution in [3.8, 4) is 0 Å². The minimum atomic E-state index is 0.307. The van der Waals surface area contributed by atoms with Gasteiger partial charge in [-0.05, 0) is 18.2 Å². The molecule has 0 bridgehead atoms. The highest BCUT2D eigenvalue weighted by Gasteiger charge is 2.02. The fourth-order valence-electron chi connectivity index (χ4n) is 0.719. The van der Waals surface area contributed by atoms with E-state index in [0.29, 0.717) is 12.6 Å². The lowest BCUT2D eigenvalue weighted by atomic mass is 10.2. The van der Waals surface area contributed by atoms with Crippen LogP contribution in [0.2, 0.25) is 0 Å². The normalized spacial score (nSPS) is 13.7. The van der Waals surface area contributed by atoms with Gasteiger partial charge in [0.15, 0.2) is 0 Å². The highest BCUT2D eigenvalue weighted by molar-refractivity contribution is 6.13. The first-order chi connectivity index (χ1) is 4.35. The maximum absolute atomic E-state index is 5.40. The van der Waals surface area contributed by atoms with Crippen LogP contribution in [0.15, 0.2) is 0 Å². The zero-order chi connectivity index (χ0) is 7.11. The molecule has 0 heterocycles. The first-order valence-corrected chi connectivity index (χ1v) is 3.58. The molecule has 1 atom stereocenters. The van der Waals surface area contributed by atoms with Gasteiger partial charge in [0.1, 0.15) is 0 Å². The molecule has 0 aliphatic rings. The summed E-state index contributed by atoms with van der Waals surface area (Å²) in [5.41, 5.74) is 0. The molecule has 0 aliphatic carbocycles. The van der Waals surface area contributed by atoms with E-state index in [9.17, 15) is 0 Å². The SMILES string of the molecule is CCCC(COC)NCl. The van der Waals surface area contributed by atoms with Gasteiger partial charge in [-0.3, -0.25) is 0 Å². The monoisotopic (exact) mass is 151 g/mol. The summed E-state index contributed by atoms with van der Waals surface area (Å²) in [7, 11) is 1.68. The quantitative estimate of drug-likeness (QED) is 0.602. The summed E-state index contributed by atoms with van der Waals surface area (Å²) in [6, 6.07) is 0.307. The Labute approximate surface area is 61.6 Å². The van der Waals surface area contributed by atoms with E-state index in [0.717, 1.165) is 12.8 Å². The lowest BCUT2D eigenvalue weighted by Gasteiger charge is -2.10. The molecule has 9 heavy (non-hydrogen) atoms. The van der Waals surface area contributed by atoms with Crippen molar-refractivity contribution in [3.05, 3.63) is 0 Å². The molecular weight excluding hydrogens is 138 g/mol. The van der Waals surface area contributed by atoms with E-state index in [2.05, 4.69) is 11.8 Å². The summed E-state index contributed by atoms with van der Waals surface area (Å²) in [5.74, 6) is 0. The largest absolute Gasteiger partial charge is 0.383 e. The Balaban J connectivity index is 3.18. The van der Waals surface area contributed by atoms with Crippen molar-refractivity contribution < 1.29 is 4.74 Å². The van der Waals surface area contributed by atoms with Gasteiger partial charge in [0, 0.05) is 13.2 Å². The molecule has 1 unspecified atom stereocenters. The van der Waals surface area contributed by atoms with Gasteiger partial charge in [-0.15, -0.1) is 0 Å². The molecule has 0 aliphatic heterocycles. The lowest BCUT2D eigenvalue weighted by molar-refractivity contribution is 0.171. The smallest absolute Gasteiger partial charge is 0.0628 e. The number of hydrogen-bond acceptors (Lipinski definition) is 2. The average Bonchev–Trinajstić information content (AvgIpc) is 1.88. The van der Waals surface area contributed by atoms with Gasteiger partial charge >= 0.3 is 0 Å². The van der Waals surface area contributed by atoms with Gasteiger partial charge < -0.3 is 4.74 Å². The van der Waals surface area contributed by atoms with Crippen LogP contribution in [0.25, 0.3) is 0 Å². The average molecular weight is 152 g/mol. The second-order valence-electron chi connectivity index (χ2n) is 2.05. The summed E-state index contributed by atoms with van der Waals surface area (Å²) in [5, 5.41) is 0. The fraction of sp³-hybridized carbons (Fsp3) is 1.00. The third kappa shape index (κ3) is 4.70. The van der Waals surface area contributed by atoms with E-state index in [-0.39, 0.29) is 0 Å². The molecule has 0 fully saturated rings. The Morgan fingerprint density at radius 1 is 1.67 bits per heavy atom. The third-order valence-corrected chi connectivity index (χ3v) is 1.47. The van der Waals surface area contributed by atoms with Gasteiger partial charge in [0.05, 0.1) is 6.61 Å². The van der Waals surface area contributed by atoms with Crippen LogP contribution in [0.3, 0.4) is 0 Å². The van der Waals surface area contributed by atoms with Gasteiger partial charge in [-0.25, -0.2) is 4.84 Å². The standard InChI is InChI=1S/C6H14ClNO/c1-3-4-6(8-7)5-9-2/h6,8H,3-5H2,1-2H3. The van der Waals surface area contributed by atoms with Crippen LogP contribution in [0.1, 0.15) is 19.8 Å². The minimum absolute atomic E-state index is 0.307. The van der Waals surface area contributed by atoms with E-state index >= 15 is 0 Å². The minimum Gasteiger partial charge on any atom is -0.383 e. The molecule has 56 valence electrons. The van der Waals surface area contributed by atoms with E-state index in [1.165, 1.54) is 0 Å². The topological polar surface area (TPSA) is 21.3 Å². The number of hydrogen-bond donors (Lipinski definition) is 1. The lowest BCUT2D eigenvalue weighted by Crippen LogP contribution is -2.25. The van der Waals surface area contributed by atoms with Gasteiger partial charge in [-0.1, -0.05) is 13.3 Å². The second kappa shape index (κ2) is 6.33. The maximum Gasteiger partial charge on any atom is 0.0628 e. The maximum atomic E-state index is 5.40. The van der Waals surface area contributed by atoms with Crippen molar-refractivity contribution in [2.75, 3.05) is 13.7 Å². The molecule has 1 N–H and O–H groups in total. The number of methoxy groups -OCH3 is 1. The fourth-order valence-corrected chi connectivity index (χ4v) is 0.891. The second-order valence-corrected chi connectivity index (χ2v) is 2.27. The number of ether oxygens (including phenoxy) is 1. The Kier molecular flexibility index (Phi) is 6.48. The van der Waals surface area contributed by atoms with E-state index < -0.39 is 0 Å². The van der Waals surface area contributed by atoms with Crippen LogP contribution in [0.4, 0.5) is 0 Å². The van der Waals surface area contributed by atoms with Crippen LogP contribution in [0, 0.1) is 0 Å². The number of halogens is 1. The highest BCUT2D eigenvalue weighted by atomic mass is 35.5. The van der Waals surface area contributed by atoms with E-state index in [4.69, 9.17) is 16.5 Å². The Bertz CT molecular complexity index is 55.0. The molecule has 0 amide bonds. The van der Waals surface area contributed by atoms with E-state index in [1.54, 1.807) is 7.11 Å². The molecule has 0 aromatic carbocycles. The van der Waals surface area contributed by atoms with Crippen molar-refractivity contribution in [2.45, 2.75) is 25.8 Å². The molecule has 0 rings (SSSR count). The summed E-state index contributed by atoms with van der Waals surface area (Å²) < 4.78 is 4.90. The molecule has 0 aromatic heterocycles. The van der Waals surface area contributed by atoms with Crippen LogP contribution in [-0.2, 0) is 4.74 Å². The predicted molar refractivity (Wildman–Crippen MR) is 39.6 cm³/mol. The zero-order valence-corrected chi connectivity index (χ0v) is 6.74. The van der Waals surface area contributed by atoms with Crippen molar-refractivity contribution in [3.63, 3.8) is 0 Å². The highest BCUT2D eigenvalue weighted by Crippen LogP contribution is 1.96. The predicted octanol–water partition coefficient (Wildman–Crippen LogP) is 1.54. The molecule has 3 heteroatoms. The zero-order valence-electron chi connectivity index (χ0n) is 5.98. The summed E-state index contributed by atoms with van der Waals surface area (Å²) in [6.07, 6.45) is 2.20. The molecular formula is C6H14ClNO. The van der Waals surface area contributed by atoms with Crippen LogP contribution in [-0.4, -0.2) is 19.8 Å². The van der Waals surface area contributed by atoms with Crippen molar-refractivity contribution in [1.29, 1.82) is 0 Å². The van der Waals surface area contributed by atoms with Gasteiger partial charge in [0.2, 0.25) is 0 Å². The number of rotatable bonds is 5. The molecule has 0 saturated heterocycles. The Morgan fingerprint density at radius 3 is 2.67 bits per heavy atom. The molecule has 0 spiro atoms.